The minimum absolute atomic E-state index is 0.0176. The van der Waals surface area contributed by atoms with Crippen LogP contribution in [-0.2, 0) is 0 Å². The number of hydrogen-bond acceptors (Lipinski definition) is 4. The number of amides is 1. The topological polar surface area (TPSA) is 82.5 Å². The van der Waals surface area contributed by atoms with Crippen molar-refractivity contribution in [1.82, 2.24) is 15.2 Å². The second-order valence-electron chi connectivity index (χ2n) is 5.29. The molecule has 0 atom stereocenters. The van der Waals surface area contributed by atoms with Gasteiger partial charge in [0.05, 0.1) is 5.56 Å². The van der Waals surface area contributed by atoms with E-state index in [1.54, 1.807) is 0 Å². The zero-order valence-corrected chi connectivity index (χ0v) is 12.2. The Morgan fingerprint density at radius 3 is 2.76 bits per heavy atom. The van der Waals surface area contributed by atoms with Crippen molar-refractivity contribution in [2.75, 3.05) is 26.2 Å². The summed E-state index contributed by atoms with van der Waals surface area (Å²) < 4.78 is 0. The number of carboxylic acids is 1. The monoisotopic (exact) mass is 291 g/mol. The van der Waals surface area contributed by atoms with E-state index in [0.29, 0.717) is 12.5 Å². The predicted molar refractivity (Wildman–Crippen MR) is 78.4 cm³/mol. The summed E-state index contributed by atoms with van der Waals surface area (Å²) in [7, 11) is 0. The SMILES string of the molecule is CCN1CCC(CNC(=O)c2ncccc2C(=O)O)CC1. The molecule has 0 spiro atoms. The van der Waals surface area contributed by atoms with Crippen molar-refractivity contribution in [2.45, 2.75) is 19.8 Å². The molecular formula is C15H21N3O3. The number of aromatic nitrogens is 1. The standard InChI is InChI=1S/C15H21N3O3/c1-2-18-8-5-11(6-9-18)10-17-14(19)13-12(15(20)21)4-3-7-16-13/h3-4,7,11H,2,5-6,8-10H2,1H3,(H,17,19)(H,20,21). The van der Waals surface area contributed by atoms with Crippen molar-refractivity contribution in [3.63, 3.8) is 0 Å². The molecular weight excluding hydrogens is 270 g/mol. The van der Waals surface area contributed by atoms with Crippen LogP contribution in [0.2, 0.25) is 0 Å². The van der Waals surface area contributed by atoms with Gasteiger partial charge in [0, 0.05) is 12.7 Å². The number of pyridine rings is 1. The number of hydrogen-bond donors (Lipinski definition) is 2. The highest BCUT2D eigenvalue weighted by Crippen LogP contribution is 2.16. The number of nitrogens with zero attached hydrogens (tertiary/aromatic N) is 2. The molecule has 6 heteroatoms. The third-order valence-corrected chi connectivity index (χ3v) is 3.96. The summed E-state index contributed by atoms with van der Waals surface area (Å²) in [4.78, 5) is 29.4. The molecule has 2 N–H and O–H groups in total. The van der Waals surface area contributed by atoms with Crippen LogP contribution in [0.4, 0.5) is 0 Å². The van der Waals surface area contributed by atoms with Gasteiger partial charge in [0.25, 0.3) is 5.91 Å². The van der Waals surface area contributed by atoms with E-state index < -0.39 is 11.9 Å². The van der Waals surface area contributed by atoms with Gasteiger partial charge in [0.15, 0.2) is 0 Å². The molecule has 0 unspecified atom stereocenters. The van der Waals surface area contributed by atoms with Crippen molar-refractivity contribution in [1.29, 1.82) is 0 Å². The molecule has 1 aliphatic heterocycles. The molecule has 1 amide bonds. The summed E-state index contributed by atoms with van der Waals surface area (Å²) in [6.45, 7) is 5.90. The van der Waals surface area contributed by atoms with Gasteiger partial charge in [-0.05, 0) is 50.5 Å². The van der Waals surface area contributed by atoms with Crippen LogP contribution in [0.25, 0.3) is 0 Å². The Bertz CT molecular complexity index is 511. The highest BCUT2D eigenvalue weighted by molar-refractivity contribution is 6.03. The lowest BCUT2D eigenvalue weighted by atomic mass is 9.97. The Morgan fingerprint density at radius 1 is 1.43 bits per heavy atom. The molecule has 1 saturated heterocycles. The fraction of sp³-hybridized carbons (Fsp3) is 0.533. The van der Waals surface area contributed by atoms with E-state index >= 15 is 0 Å². The fourth-order valence-electron chi connectivity index (χ4n) is 2.59. The third-order valence-electron chi connectivity index (χ3n) is 3.96. The summed E-state index contributed by atoms with van der Waals surface area (Å²) >= 11 is 0. The number of aromatic carboxylic acids is 1. The normalized spacial score (nSPS) is 16.6. The minimum Gasteiger partial charge on any atom is -0.478 e. The number of rotatable bonds is 5. The van der Waals surface area contributed by atoms with Crippen molar-refractivity contribution in [2.24, 2.45) is 5.92 Å². The van der Waals surface area contributed by atoms with E-state index in [-0.39, 0.29) is 11.3 Å². The molecule has 1 fully saturated rings. The average Bonchev–Trinajstić information content (AvgIpc) is 2.53. The molecule has 0 aliphatic carbocycles. The Morgan fingerprint density at radius 2 is 2.14 bits per heavy atom. The van der Waals surface area contributed by atoms with Crippen LogP contribution in [0.1, 0.15) is 40.6 Å². The van der Waals surface area contributed by atoms with Gasteiger partial charge in [-0.3, -0.25) is 9.78 Å². The molecule has 2 rings (SSSR count). The average molecular weight is 291 g/mol. The van der Waals surface area contributed by atoms with Crippen LogP contribution in [0.15, 0.2) is 18.3 Å². The maximum absolute atomic E-state index is 12.1. The van der Waals surface area contributed by atoms with Crippen LogP contribution in [-0.4, -0.2) is 53.0 Å². The van der Waals surface area contributed by atoms with Crippen LogP contribution >= 0.6 is 0 Å². The van der Waals surface area contributed by atoms with E-state index in [9.17, 15) is 9.59 Å². The maximum atomic E-state index is 12.1. The van der Waals surface area contributed by atoms with E-state index in [1.807, 2.05) is 0 Å². The van der Waals surface area contributed by atoms with Gasteiger partial charge in [-0.2, -0.15) is 0 Å². The second kappa shape index (κ2) is 7.17. The number of nitrogens with one attached hydrogen (secondary N) is 1. The van der Waals surface area contributed by atoms with Crippen molar-refractivity contribution < 1.29 is 14.7 Å². The molecule has 114 valence electrons. The zero-order chi connectivity index (χ0) is 15.2. The first-order chi connectivity index (χ1) is 10.1. The first-order valence-corrected chi connectivity index (χ1v) is 7.30. The largest absolute Gasteiger partial charge is 0.478 e. The molecule has 0 radical (unpaired) electrons. The van der Waals surface area contributed by atoms with Crippen molar-refractivity contribution in [3.8, 4) is 0 Å². The van der Waals surface area contributed by atoms with Crippen molar-refractivity contribution in [3.05, 3.63) is 29.6 Å². The van der Waals surface area contributed by atoms with Crippen LogP contribution in [0.5, 0.6) is 0 Å². The first-order valence-electron chi connectivity index (χ1n) is 7.30. The Balaban J connectivity index is 1.89. The third kappa shape index (κ3) is 4.01. The molecule has 0 saturated carbocycles. The lowest BCUT2D eigenvalue weighted by Crippen LogP contribution is -2.38. The smallest absolute Gasteiger partial charge is 0.338 e. The van der Waals surface area contributed by atoms with Gasteiger partial charge in [0.2, 0.25) is 0 Å². The molecule has 1 aromatic rings. The first kappa shape index (κ1) is 15.4. The predicted octanol–water partition coefficient (Wildman–Crippen LogP) is 1.24. The van der Waals surface area contributed by atoms with E-state index in [2.05, 4.69) is 22.1 Å². The van der Waals surface area contributed by atoms with E-state index in [1.165, 1.54) is 18.3 Å². The van der Waals surface area contributed by atoms with Gasteiger partial charge < -0.3 is 15.3 Å². The number of likely N-dealkylation sites (tertiary alicyclic amines) is 1. The Kier molecular flexibility index (Phi) is 5.27. The van der Waals surface area contributed by atoms with Crippen LogP contribution in [0, 0.1) is 5.92 Å². The molecule has 21 heavy (non-hydrogen) atoms. The molecule has 2 heterocycles. The van der Waals surface area contributed by atoms with E-state index in [0.717, 1.165) is 32.5 Å². The van der Waals surface area contributed by atoms with Gasteiger partial charge in [-0.1, -0.05) is 6.92 Å². The lowest BCUT2D eigenvalue weighted by molar-refractivity contribution is 0.0689. The Hall–Kier alpha value is -1.95. The summed E-state index contributed by atoms with van der Waals surface area (Å²) in [5.74, 6) is -1.09. The summed E-state index contributed by atoms with van der Waals surface area (Å²) in [5, 5.41) is 11.9. The molecule has 6 nitrogen and oxygen atoms in total. The number of carbonyl (C=O) groups excluding carboxylic acids is 1. The zero-order valence-electron chi connectivity index (χ0n) is 12.2. The number of carbonyl (C=O) groups is 2. The van der Waals surface area contributed by atoms with Crippen molar-refractivity contribution >= 4 is 11.9 Å². The van der Waals surface area contributed by atoms with Gasteiger partial charge in [-0.15, -0.1) is 0 Å². The summed E-state index contributed by atoms with van der Waals surface area (Å²) in [5.41, 5.74) is -0.0770. The number of piperidine rings is 1. The van der Waals surface area contributed by atoms with Gasteiger partial charge >= 0.3 is 5.97 Å². The van der Waals surface area contributed by atoms with Gasteiger partial charge in [0.1, 0.15) is 5.69 Å². The summed E-state index contributed by atoms with van der Waals surface area (Å²) in [6.07, 6.45) is 3.55. The van der Waals surface area contributed by atoms with Gasteiger partial charge in [-0.25, -0.2) is 4.79 Å². The highest BCUT2D eigenvalue weighted by Gasteiger charge is 2.21. The number of carboxylic acid groups (broad SMARTS) is 1. The second-order valence-corrected chi connectivity index (χ2v) is 5.29. The fourth-order valence-corrected chi connectivity index (χ4v) is 2.59. The molecule has 1 aliphatic rings. The molecule has 0 bridgehead atoms. The minimum atomic E-state index is -1.13. The van der Waals surface area contributed by atoms with Crippen LogP contribution < -0.4 is 5.32 Å². The molecule has 1 aromatic heterocycles. The highest BCUT2D eigenvalue weighted by atomic mass is 16.4. The lowest BCUT2D eigenvalue weighted by Gasteiger charge is -2.31. The van der Waals surface area contributed by atoms with E-state index in [4.69, 9.17) is 5.11 Å². The maximum Gasteiger partial charge on any atom is 0.338 e. The quantitative estimate of drug-likeness (QED) is 0.853. The van der Waals surface area contributed by atoms with Crippen LogP contribution in [0.3, 0.4) is 0 Å². The summed E-state index contributed by atoms with van der Waals surface area (Å²) in [6, 6.07) is 2.91. The molecule has 0 aromatic carbocycles. The Labute approximate surface area is 124 Å².